The summed E-state index contributed by atoms with van der Waals surface area (Å²) in [6.45, 7) is 5.22. The van der Waals surface area contributed by atoms with Crippen molar-refractivity contribution in [2.75, 3.05) is 25.7 Å². The molecule has 0 unspecified atom stereocenters. The SMILES string of the molecule is C[C@@]1(CO)[C@H](O)CC[C@@]2(C)[C@H]1CC[C@H]1C[C@@H]3C[C@@]12CC[C@@]3(CO)OCCCl. The Morgan fingerprint density at radius 2 is 1.78 bits per heavy atom. The van der Waals surface area contributed by atoms with E-state index < -0.39 is 17.1 Å². The van der Waals surface area contributed by atoms with Gasteiger partial charge in [-0.25, -0.2) is 0 Å². The van der Waals surface area contributed by atoms with Crippen LogP contribution in [0.1, 0.15) is 65.2 Å². The molecule has 0 saturated heterocycles. The maximum absolute atomic E-state index is 10.7. The lowest BCUT2D eigenvalue weighted by Gasteiger charge is -2.66. The van der Waals surface area contributed by atoms with E-state index in [4.69, 9.17) is 16.3 Å². The van der Waals surface area contributed by atoms with Crippen LogP contribution in [0.15, 0.2) is 0 Å². The molecule has 4 rings (SSSR count). The van der Waals surface area contributed by atoms with Gasteiger partial charge in [0.05, 0.1) is 31.5 Å². The van der Waals surface area contributed by atoms with Gasteiger partial charge in [0.15, 0.2) is 0 Å². The van der Waals surface area contributed by atoms with Crippen LogP contribution in [0.4, 0.5) is 0 Å². The molecule has 1 spiro atoms. The first-order valence-electron chi connectivity index (χ1n) is 10.9. The van der Waals surface area contributed by atoms with Crippen LogP contribution in [0.5, 0.6) is 0 Å². The zero-order valence-corrected chi connectivity index (χ0v) is 17.7. The third-order valence-corrected chi connectivity index (χ3v) is 10.1. The molecule has 0 aromatic carbocycles. The molecule has 0 aliphatic heterocycles. The molecule has 4 aliphatic rings. The van der Waals surface area contributed by atoms with Gasteiger partial charge in [-0.2, -0.15) is 0 Å². The number of halogens is 1. The van der Waals surface area contributed by atoms with Gasteiger partial charge in [-0.3, -0.25) is 0 Å². The van der Waals surface area contributed by atoms with Gasteiger partial charge in [0.1, 0.15) is 0 Å². The van der Waals surface area contributed by atoms with Gasteiger partial charge in [-0.1, -0.05) is 13.8 Å². The van der Waals surface area contributed by atoms with Crippen LogP contribution in [0.2, 0.25) is 0 Å². The Balaban J connectivity index is 1.68. The molecule has 0 aromatic heterocycles. The lowest BCUT2D eigenvalue weighted by molar-refractivity contribution is -0.220. The summed E-state index contributed by atoms with van der Waals surface area (Å²) in [5.41, 5.74) is -0.404. The first-order chi connectivity index (χ1) is 12.8. The van der Waals surface area contributed by atoms with Crippen molar-refractivity contribution >= 4 is 11.6 Å². The van der Waals surface area contributed by atoms with E-state index in [2.05, 4.69) is 13.8 Å². The van der Waals surface area contributed by atoms with Crippen LogP contribution >= 0.6 is 11.6 Å². The smallest absolute Gasteiger partial charge is 0.0941 e. The van der Waals surface area contributed by atoms with Crippen LogP contribution in [0.3, 0.4) is 0 Å². The maximum Gasteiger partial charge on any atom is 0.0941 e. The average Bonchev–Trinajstić information content (AvgIpc) is 3.01. The first kappa shape index (κ1) is 20.4. The normalized spacial score (nSPS) is 54.4. The molecule has 0 radical (unpaired) electrons. The first-order valence-corrected chi connectivity index (χ1v) is 11.4. The summed E-state index contributed by atoms with van der Waals surface area (Å²) in [5, 5.41) is 31.2. The van der Waals surface area contributed by atoms with Gasteiger partial charge >= 0.3 is 0 Å². The van der Waals surface area contributed by atoms with Gasteiger partial charge in [-0.05, 0) is 80.0 Å². The van der Waals surface area contributed by atoms with Gasteiger partial charge in [-0.15, -0.1) is 11.6 Å². The Bertz CT molecular complexity index is 573. The largest absolute Gasteiger partial charge is 0.396 e. The van der Waals surface area contributed by atoms with Crippen LogP contribution in [0.25, 0.3) is 0 Å². The Morgan fingerprint density at radius 1 is 1.00 bits per heavy atom. The molecule has 3 N–H and O–H groups in total. The van der Waals surface area contributed by atoms with Crippen LogP contribution in [-0.4, -0.2) is 52.7 Å². The van der Waals surface area contributed by atoms with E-state index in [0.29, 0.717) is 30.2 Å². The highest BCUT2D eigenvalue weighted by atomic mass is 35.5. The number of alkyl halides is 1. The van der Waals surface area contributed by atoms with Crippen molar-refractivity contribution in [1.29, 1.82) is 0 Å². The quantitative estimate of drug-likeness (QED) is 0.619. The molecule has 4 aliphatic carbocycles. The Morgan fingerprint density at radius 3 is 2.44 bits per heavy atom. The van der Waals surface area contributed by atoms with Gasteiger partial charge in [0, 0.05) is 11.3 Å². The summed E-state index contributed by atoms with van der Waals surface area (Å²) >= 11 is 5.88. The lowest BCUT2D eigenvalue weighted by Crippen LogP contribution is -2.63. The summed E-state index contributed by atoms with van der Waals surface area (Å²) < 4.78 is 6.19. The molecule has 8 atom stereocenters. The molecule has 27 heavy (non-hydrogen) atoms. The fourth-order valence-electron chi connectivity index (χ4n) is 8.40. The Labute approximate surface area is 168 Å². The number of hydrogen-bond acceptors (Lipinski definition) is 4. The number of aliphatic hydroxyl groups is 3. The predicted molar refractivity (Wildman–Crippen MR) is 106 cm³/mol. The van der Waals surface area contributed by atoms with Crippen molar-refractivity contribution in [2.45, 2.75) is 76.9 Å². The summed E-state index contributed by atoms with van der Waals surface area (Å²) in [4.78, 5) is 0. The van der Waals surface area contributed by atoms with Gasteiger partial charge < -0.3 is 20.1 Å². The monoisotopic (exact) mass is 400 g/mol. The summed E-state index contributed by atoms with van der Waals surface area (Å²) in [7, 11) is 0. The highest BCUT2D eigenvalue weighted by molar-refractivity contribution is 6.17. The number of hydrogen-bond donors (Lipinski definition) is 3. The molecule has 156 valence electrons. The van der Waals surface area contributed by atoms with Gasteiger partial charge in [0.25, 0.3) is 0 Å². The molecule has 4 nitrogen and oxygen atoms in total. The molecule has 0 amide bonds. The van der Waals surface area contributed by atoms with E-state index in [9.17, 15) is 15.3 Å². The molecule has 4 fully saturated rings. The van der Waals surface area contributed by atoms with Crippen molar-refractivity contribution in [3.05, 3.63) is 0 Å². The second-order valence-corrected chi connectivity index (χ2v) is 10.9. The highest BCUT2D eigenvalue weighted by Gasteiger charge is 2.70. The number of ether oxygens (including phenoxy) is 1. The third kappa shape index (κ3) is 2.56. The lowest BCUT2D eigenvalue weighted by atomic mass is 9.39. The molecule has 5 heteroatoms. The minimum Gasteiger partial charge on any atom is -0.396 e. The number of fused-ring (bicyclic) bond motifs is 2. The van der Waals surface area contributed by atoms with Crippen molar-refractivity contribution in [2.24, 2.45) is 34.0 Å². The second kappa shape index (κ2) is 6.84. The van der Waals surface area contributed by atoms with E-state index in [0.717, 1.165) is 44.9 Å². The van der Waals surface area contributed by atoms with Gasteiger partial charge in [0.2, 0.25) is 0 Å². The maximum atomic E-state index is 10.7. The highest BCUT2D eigenvalue weighted by Crippen LogP contribution is 2.75. The zero-order chi connectivity index (χ0) is 19.5. The molecular formula is C22H37ClO4. The van der Waals surface area contributed by atoms with E-state index in [1.165, 1.54) is 6.42 Å². The standard InChI is InChI=1S/C22H37ClO4/c1-19(13-24)17-4-3-15-11-16-12-21(15,20(17,2)6-5-18(19)26)7-8-22(16,14-25)27-10-9-23/h15-18,24-26H,3-14H2,1-2H3/t15-,16+,17-,18+,19-,20-,21-,22-/m0/s1. The summed E-state index contributed by atoms with van der Waals surface area (Å²) in [6, 6.07) is 0. The third-order valence-electron chi connectivity index (χ3n) is 9.98. The molecule has 0 aromatic rings. The molecule has 2 bridgehead atoms. The Kier molecular flexibility index (Phi) is 5.17. The second-order valence-electron chi connectivity index (χ2n) is 10.5. The van der Waals surface area contributed by atoms with Crippen LogP contribution in [-0.2, 0) is 4.74 Å². The Hall–Kier alpha value is 0.130. The predicted octanol–water partition coefficient (Wildman–Crippen LogP) is 3.35. The van der Waals surface area contributed by atoms with Crippen LogP contribution < -0.4 is 0 Å². The zero-order valence-electron chi connectivity index (χ0n) is 16.9. The molecular weight excluding hydrogens is 364 g/mol. The summed E-state index contributed by atoms with van der Waals surface area (Å²) in [6.07, 6.45) is 7.95. The molecule has 0 heterocycles. The fourth-order valence-corrected chi connectivity index (χ4v) is 8.47. The minimum atomic E-state index is -0.419. The number of rotatable bonds is 5. The van der Waals surface area contributed by atoms with Crippen molar-refractivity contribution in [3.8, 4) is 0 Å². The van der Waals surface area contributed by atoms with Crippen molar-refractivity contribution < 1.29 is 20.1 Å². The van der Waals surface area contributed by atoms with Crippen molar-refractivity contribution in [3.63, 3.8) is 0 Å². The number of aliphatic hydroxyl groups excluding tert-OH is 3. The van der Waals surface area contributed by atoms with E-state index in [1.54, 1.807) is 0 Å². The van der Waals surface area contributed by atoms with E-state index >= 15 is 0 Å². The van der Waals surface area contributed by atoms with E-state index in [-0.39, 0.29) is 24.0 Å². The molecule has 4 saturated carbocycles. The fraction of sp³-hybridized carbons (Fsp3) is 1.00. The topological polar surface area (TPSA) is 69.9 Å². The summed E-state index contributed by atoms with van der Waals surface area (Å²) in [5.74, 6) is 1.90. The van der Waals surface area contributed by atoms with E-state index in [1.807, 2.05) is 0 Å². The van der Waals surface area contributed by atoms with Crippen LogP contribution in [0, 0.1) is 34.0 Å². The average molecular weight is 401 g/mol. The minimum absolute atomic E-state index is 0.0675. The van der Waals surface area contributed by atoms with Crippen molar-refractivity contribution in [1.82, 2.24) is 0 Å².